The van der Waals surface area contributed by atoms with Crippen LogP contribution in [0.5, 0.6) is 0 Å². The smallest absolute Gasteiger partial charge is 0.252 e. The van der Waals surface area contributed by atoms with E-state index in [9.17, 15) is 4.79 Å². The quantitative estimate of drug-likeness (QED) is 0.621. The Kier molecular flexibility index (Phi) is 5.28. The number of thiocarbonyl (C=S) groups is 1. The summed E-state index contributed by atoms with van der Waals surface area (Å²) in [6, 6.07) is 7.49. The Labute approximate surface area is 105 Å². The molecule has 0 saturated heterocycles. The Morgan fingerprint density at radius 1 is 1.50 bits per heavy atom. The molecule has 0 atom stereocenters. The van der Waals surface area contributed by atoms with E-state index < -0.39 is 0 Å². The molecule has 0 fully saturated rings. The number of thioether (sulfide) groups is 1. The summed E-state index contributed by atoms with van der Waals surface area (Å²) in [6.45, 7) is 0.483. The zero-order valence-corrected chi connectivity index (χ0v) is 10.7. The van der Waals surface area contributed by atoms with Crippen molar-refractivity contribution >= 4 is 34.9 Å². The van der Waals surface area contributed by atoms with Crippen molar-refractivity contribution < 1.29 is 4.79 Å². The van der Waals surface area contributed by atoms with Crippen molar-refractivity contribution in [2.24, 2.45) is 5.73 Å². The van der Waals surface area contributed by atoms with Crippen LogP contribution in [0.15, 0.2) is 29.2 Å². The normalized spacial score (nSPS) is 9.81. The highest BCUT2D eigenvalue weighted by molar-refractivity contribution is 7.98. The fourth-order valence-electron chi connectivity index (χ4n) is 1.23. The van der Waals surface area contributed by atoms with Crippen molar-refractivity contribution in [3.05, 3.63) is 29.8 Å². The van der Waals surface area contributed by atoms with Crippen LogP contribution in [0.4, 0.5) is 0 Å². The van der Waals surface area contributed by atoms with Crippen LogP contribution in [0, 0.1) is 0 Å². The Morgan fingerprint density at radius 2 is 2.19 bits per heavy atom. The third-order valence-corrected chi connectivity index (χ3v) is 3.01. The van der Waals surface area contributed by atoms with Crippen LogP contribution >= 0.6 is 24.0 Å². The number of benzene rings is 1. The maximum absolute atomic E-state index is 11.8. The van der Waals surface area contributed by atoms with Gasteiger partial charge in [-0.1, -0.05) is 24.4 Å². The summed E-state index contributed by atoms with van der Waals surface area (Å²) in [5.74, 6) is -0.0822. The van der Waals surface area contributed by atoms with E-state index in [0.29, 0.717) is 23.5 Å². The van der Waals surface area contributed by atoms with E-state index in [-0.39, 0.29) is 5.91 Å². The maximum Gasteiger partial charge on any atom is 0.252 e. The van der Waals surface area contributed by atoms with Crippen molar-refractivity contribution in [3.8, 4) is 0 Å². The standard InChI is InChI=1S/C11H14N2OS2/c1-16-9-5-3-2-4-8(9)11(14)13-7-6-10(12)15/h2-5H,6-7H2,1H3,(H2,12,15)(H,13,14). The van der Waals surface area contributed by atoms with Crippen molar-refractivity contribution in [3.63, 3.8) is 0 Å². The first-order chi connectivity index (χ1) is 7.65. The summed E-state index contributed by atoms with van der Waals surface area (Å²) < 4.78 is 0. The molecule has 5 heteroatoms. The van der Waals surface area contributed by atoms with Gasteiger partial charge in [0, 0.05) is 17.9 Å². The van der Waals surface area contributed by atoms with Crippen molar-refractivity contribution in [1.29, 1.82) is 0 Å². The van der Waals surface area contributed by atoms with Crippen LogP contribution in [0.25, 0.3) is 0 Å². The molecule has 0 unspecified atom stereocenters. The lowest BCUT2D eigenvalue weighted by molar-refractivity contribution is 0.0952. The first kappa shape index (κ1) is 13.0. The number of hydrogen-bond acceptors (Lipinski definition) is 3. The predicted molar refractivity (Wildman–Crippen MR) is 72.0 cm³/mol. The second-order valence-corrected chi connectivity index (χ2v) is 4.54. The van der Waals surface area contributed by atoms with E-state index in [4.69, 9.17) is 18.0 Å². The van der Waals surface area contributed by atoms with E-state index >= 15 is 0 Å². The largest absolute Gasteiger partial charge is 0.393 e. The molecule has 1 amide bonds. The monoisotopic (exact) mass is 254 g/mol. The van der Waals surface area contributed by atoms with E-state index in [2.05, 4.69) is 5.32 Å². The molecule has 0 bridgehead atoms. The zero-order chi connectivity index (χ0) is 12.0. The van der Waals surface area contributed by atoms with Gasteiger partial charge in [0.25, 0.3) is 5.91 Å². The van der Waals surface area contributed by atoms with Crippen LogP contribution in [-0.4, -0.2) is 23.7 Å². The SMILES string of the molecule is CSc1ccccc1C(=O)NCCC(N)=S. The molecule has 0 aliphatic heterocycles. The van der Waals surface area contributed by atoms with Gasteiger partial charge in [-0.05, 0) is 18.4 Å². The highest BCUT2D eigenvalue weighted by atomic mass is 32.2. The van der Waals surface area contributed by atoms with E-state index in [0.717, 1.165) is 4.90 Å². The van der Waals surface area contributed by atoms with Gasteiger partial charge >= 0.3 is 0 Å². The second-order valence-electron chi connectivity index (χ2n) is 3.17. The van der Waals surface area contributed by atoms with E-state index in [1.165, 1.54) is 0 Å². The lowest BCUT2D eigenvalue weighted by Gasteiger charge is -2.07. The molecule has 0 saturated carbocycles. The number of nitrogens with two attached hydrogens (primary N) is 1. The lowest BCUT2D eigenvalue weighted by Crippen LogP contribution is -2.27. The molecule has 3 N–H and O–H groups in total. The number of carbonyl (C=O) groups is 1. The zero-order valence-electron chi connectivity index (χ0n) is 9.03. The van der Waals surface area contributed by atoms with Gasteiger partial charge in [0.2, 0.25) is 0 Å². The van der Waals surface area contributed by atoms with Crippen LogP contribution in [0.1, 0.15) is 16.8 Å². The third-order valence-electron chi connectivity index (χ3n) is 2.01. The highest BCUT2D eigenvalue weighted by Crippen LogP contribution is 2.19. The molecule has 0 radical (unpaired) electrons. The number of rotatable bonds is 5. The van der Waals surface area contributed by atoms with Gasteiger partial charge in [-0.2, -0.15) is 0 Å². The number of carbonyl (C=O) groups excluding carboxylic acids is 1. The van der Waals surface area contributed by atoms with Crippen LogP contribution in [0.3, 0.4) is 0 Å². The fraction of sp³-hybridized carbons (Fsp3) is 0.273. The molecule has 1 aromatic carbocycles. The molecule has 1 rings (SSSR count). The molecule has 0 aromatic heterocycles. The Balaban J connectivity index is 2.62. The van der Waals surface area contributed by atoms with Gasteiger partial charge in [-0.15, -0.1) is 11.8 Å². The van der Waals surface area contributed by atoms with Crippen LogP contribution in [-0.2, 0) is 0 Å². The average molecular weight is 254 g/mol. The third kappa shape index (κ3) is 3.83. The predicted octanol–water partition coefficient (Wildman–Crippen LogP) is 1.81. The van der Waals surface area contributed by atoms with E-state index in [1.54, 1.807) is 11.8 Å². The van der Waals surface area contributed by atoms with Gasteiger partial charge in [0.1, 0.15) is 0 Å². The summed E-state index contributed by atoms with van der Waals surface area (Å²) in [7, 11) is 0. The minimum atomic E-state index is -0.0822. The molecule has 3 nitrogen and oxygen atoms in total. The molecular formula is C11H14N2OS2. The summed E-state index contributed by atoms with van der Waals surface area (Å²) in [4.78, 5) is 13.2. The Hall–Kier alpha value is -1.07. The topological polar surface area (TPSA) is 55.1 Å². The lowest BCUT2D eigenvalue weighted by atomic mass is 10.2. The summed E-state index contributed by atoms with van der Waals surface area (Å²) in [6.07, 6.45) is 2.48. The van der Waals surface area contributed by atoms with Crippen molar-refractivity contribution in [2.45, 2.75) is 11.3 Å². The van der Waals surface area contributed by atoms with Gasteiger partial charge < -0.3 is 11.1 Å². The van der Waals surface area contributed by atoms with Crippen molar-refractivity contribution in [1.82, 2.24) is 5.32 Å². The molecule has 0 spiro atoms. The maximum atomic E-state index is 11.8. The second kappa shape index (κ2) is 6.50. The molecule has 0 heterocycles. The minimum absolute atomic E-state index is 0.0822. The van der Waals surface area contributed by atoms with Crippen LogP contribution in [0.2, 0.25) is 0 Å². The number of nitrogens with one attached hydrogen (secondary N) is 1. The minimum Gasteiger partial charge on any atom is -0.393 e. The molecular weight excluding hydrogens is 240 g/mol. The first-order valence-corrected chi connectivity index (χ1v) is 6.48. The molecule has 0 aliphatic rings. The first-order valence-electron chi connectivity index (χ1n) is 4.84. The fourth-order valence-corrected chi connectivity index (χ4v) is 1.92. The number of amides is 1. The highest BCUT2D eigenvalue weighted by Gasteiger charge is 2.09. The number of hydrogen-bond donors (Lipinski definition) is 2. The molecule has 16 heavy (non-hydrogen) atoms. The Bertz CT molecular complexity index is 393. The molecule has 0 aliphatic carbocycles. The Morgan fingerprint density at radius 3 is 2.81 bits per heavy atom. The van der Waals surface area contributed by atoms with Gasteiger partial charge in [0.15, 0.2) is 0 Å². The average Bonchev–Trinajstić information content (AvgIpc) is 2.28. The molecule has 86 valence electrons. The van der Waals surface area contributed by atoms with Crippen molar-refractivity contribution in [2.75, 3.05) is 12.8 Å². The summed E-state index contributed by atoms with van der Waals surface area (Å²) in [5.41, 5.74) is 6.04. The van der Waals surface area contributed by atoms with E-state index in [1.807, 2.05) is 30.5 Å². The van der Waals surface area contributed by atoms with Crippen LogP contribution < -0.4 is 11.1 Å². The van der Waals surface area contributed by atoms with Gasteiger partial charge in [-0.25, -0.2) is 0 Å². The summed E-state index contributed by atoms with van der Waals surface area (Å²) >= 11 is 6.29. The van der Waals surface area contributed by atoms with Gasteiger partial charge in [-0.3, -0.25) is 4.79 Å². The summed E-state index contributed by atoms with van der Waals surface area (Å²) in [5, 5.41) is 2.79. The van der Waals surface area contributed by atoms with Gasteiger partial charge in [0.05, 0.1) is 10.6 Å². The molecule has 1 aromatic rings.